The lowest BCUT2D eigenvalue weighted by Crippen LogP contribution is -2.28. The molecule has 8 heteroatoms. The zero-order valence-corrected chi connectivity index (χ0v) is 21.3. The first kappa shape index (κ1) is 25.6. The zero-order valence-electron chi connectivity index (χ0n) is 19.7. The van der Waals surface area contributed by atoms with Crippen LogP contribution in [0, 0.1) is 6.92 Å². The average molecular weight is 501 g/mol. The van der Waals surface area contributed by atoms with Gasteiger partial charge in [-0.3, -0.25) is 9.52 Å². The molecule has 3 rings (SSSR count). The molecule has 0 spiro atoms. The number of nitrogens with one attached hydrogen (secondary N) is 2. The van der Waals surface area contributed by atoms with E-state index in [1.165, 1.54) is 35.9 Å². The highest BCUT2D eigenvalue weighted by atomic mass is 35.5. The van der Waals surface area contributed by atoms with Crippen LogP contribution in [-0.4, -0.2) is 27.5 Å². The van der Waals surface area contributed by atoms with Gasteiger partial charge in [0.1, 0.15) is 12.4 Å². The molecule has 2 N–H and O–H groups in total. The molecule has 0 heterocycles. The second-order valence-corrected chi connectivity index (χ2v) is 11.1. The van der Waals surface area contributed by atoms with Crippen molar-refractivity contribution in [3.8, 4) is 5.75 Å². The van der Waals surface area contributed by atoms with Gasteiger partial charge in [0.2, 0.25) is 0 Å². The van der Waals surface area contributed by atoms with Crippen LogP contribution in [0.1, 0.15) is 42.3 Å². The summed E-state index contributed by atoms with van der Waals surface area (Å²) in [5.74, 6) is 0.357. The van der Waals surface area contributed by atoms with Crippen molar-refractivity contribution in [1.82, 2.24) is 5.32 Å². The molecule has 0 unspecified atom stereocenters. The zero-order chi connectivity index (χ0) is 24.9. The number of sulfonamides is 1. The maximum absolute atomic E-state index is 12.6. The smallest absolute Gasteiger partial charge is 0.261 e. The van der Waals surface area contributed by atoms with Gasteiger partial charge in [-0.25, -0.2) is 8.42 Å². The molecule has 0 saturated heterocycles. The van der Waals surface area contributed by atoms with Crippen molar-refractivity contribution in [3.05, 3.63) is 88.4 Å². The number of amides is 1. The van der Waals surface area contributed by atoms with E-state index in [4.69, 9.17) is 16.3 Å². The Kier molecular flexibility index (Phi) is 7.89. The molecular formula is C26H29ClN2O4S. The fourth-order valence-corrected chi connectivity index (χ4v) is 4.49. The quantitative estimate of drug-likeness (QED) is 0.397. The monoisotopic (exact) mass is 500 g/mol. The van der Waals surface area contributed by atoms with Crippen molar-refractivity contribution in [2.75, 3.05) is 17.9 Å². The second kappa shape index (κ2) is 10.5. The first-order chi connectivity index (χ1) is 16.0. The molecule has 0 saturated carbocycles. The van der Waals surface area contributed by atoms with E-state index in [1.54, 1.807) is 12.1 Å². The van der Waals surface area contributed by atoms with Crippen LogP contribution in [0.15, 0.2) is 71.6 Å². The van der Waals surface area contributed by atoms with Crippen LogP contribution >= 0.6 is 11.6 Å². The number of anilines is 1. The lowest BCUT2D eigenvalue weighted by atomic mass is 9.87. The number of rotatable bonds is 8. The third-order valence-electron chi connectivity index (χ3n) is 5.17. The maximum Gasteiger partial charge on any atom is 0.261 e. The molecule has 0 aliphatic rings. The molecule has 0 atom stereocenters. The number of aryl methyl sites for hydroxylation is 1. The van der Waals surface area contributed by atoms with E-state index < -0.39 is 10.0 Å². The van der Waals surface area contributed by atoms with Gasteiger partial charge in [0.05, 0.1) is 27.7 Å². The normalized spacial score (nSPS) is 11.7. The van der Waals surface area contributed by atoms with Gasteiger partial charge in [0, 0.05) is 0 Å². The van der Waals surface area contributed by atoms with Crippen molar-refractivity contribution in [2.45, 2.75) is 38.0 Å². The van der Waals surface area contributed by atoms with Crippen LogP contribution in [0.25, 0.3) is 0 Å². The molecule has 6 nitrogen and oxygen atoms in total. The van der Waals surface area contributed by atoms with Crippen LogP contribution < -0.4 is 14.8 Å². The Balaban J connectivity index is 1.54. The Morgan fingerprint density at radius 1 is 0.971 bits per heavy atom. The van der Waals surface area contributed by atoms with Crippen LogP contribution in [0.2, 0.25) is 5.02 Å². The van der Waals surface area contributed by atoms with Gasteiger partial charge < -0.3 is 10.1 Å². The third kappa shape index (κ3) is 6.74. The van der Waals surface area contributed by atoms with Crippen LogP contribution in [0.5, 0.6) is 5.75 Å². The van der Waals surface area contributed by atoms with Crippen LogP contribution in [-0.2, 0) is 15.4 Å². The summed E-state index contributed by atoms with van der Waals surface area (Å²) >= 11 is 6.25. The number of hydrogen-bond acceptors (Lipinski definition) is 4. The molecule has 0 aliphatic carbocycles. The summed E-state index contributed by atoms with van der Waals surface area (Å²) in [5, 5.41) is 2.90. The van der Waals surface area contributed by atoms with E-state index in [-0.39, 0.29) is 39.0 Å². The Labute approximate surface area is 206 Å². The van der Waals surface area contributed by atoms with Crippen molar-refractivity contribution in [2.24, 2.45) is 0 Å². The number of benzene rings is 3. The van der Waals surface area contributed by atoms with Gasteiger partial charge >= 0.3 is 0 Å². The molecular weight excluding hydrogens is 472 g/mol. The summed E-state index contributed by atoms with van der Waals surface area (Å²) in [6.45, 7) is 8.91. The van der Waals surface area contributed by atoms with E-state index in [0.717, 1.165) is 11.3 Å². The number of hydrogen-bond donors (Lipinski definition) is 2. The van der Waals surface area contributed by atoms with Gasteiger partial charge in [0.25, 0.3) is 15.9 Å². The van der Waals surface area contributed by atoms with E-state index in [1.807, 2.05) is 31.2 Å². The standard InChI is InChI=1S/C26H29ClN2O4S/c1-18-5-12-22(13-6-18)34(31,32)29-20-9-14-23(24(27)17-20)25(30)28-15-16-33-21-10-7-19(8-11-21)26(2,3)4/h5-14,17,29H,15-16H2,1-4H3,(H,28,30). The summed E-state index contributed by atoms with van der Waals surface area (Å²) < 4.78 is 33.3. The van der Waals surface area contributed by atoms with E-state index >= 15 is 0 Å². The molecule has 1 amide bonds. The van der Waals surface area contributed by atoms with Crippen LogP contribution in [0.4, 0.5) is 5.69 Å². The fourth-order valence-electron chi connectivity index (χ4n) is 3.17. The van der Waals surface area contributed by atoms with Gasteiger partial charge in [-0.1, -0.05) is 62.2 Å². The number of halogens is 1. The molecule has 0 aliphatic heterocycles. The minimum atomic E-state index is -3.76. The molecule has 3 aromatic carbocycles. The highest BCUT2D eigenvalue weighted by Gasteiger charge is 2.16. The molecule has 0 radical (unpaired) electrons. The van der Waals surface area contributed by atoms with E-state index in [2.05, 4.69) is 30.8 Å². The van der Waals surface area contributed by atoms with Crippen molar-refractivity contribution in [1.29, 1.82) is 0 Å². The highest BCUT2D eigenvalue weighted by Crippen LogP contribution is 2.25. The van der Waals surface area contributed by atoms with Gasteiger partial charge in [0.15, 0.2) is 0 Å². The number of carbonyl (C=O) groups excluding carboxylic acids is 1. The van der Waals surface area contributed by atoms with Crippen LogP contribution in [0.3, 0.4) is 0 Å². The first-order valence-electron chi connectivity index (χ1n) is 10.9. The SMILES string of the molecule is Cc1ccc(S(=O)(=O)Nc2ccc(C(=O)NCCOc3ccc(C(C)(C)C)cc3)c(Cl)c2)cc1. The molecule has 180 valence electrons. The van der Waals surface area contributed by atoms with Crippen molar-refractivity contribution >= 4 is 33.2 Å². The highest BCUT2D eigenvalue weighted by molar-refractivity contribution is 7.92. The first-order valence-corrected chi connectivity index (χ1v) is 12.7. The predicted octanol–water partition coefficient (Wildman–Crippen LogP) is 5.56. The lowest BCUT2D eigenvalue weighted by Gasteiger charge is -2.19. The Bertz CT molecular complexity index is 1250. The fraction of sp³-hybridized carbons (Fsp3) is 0.269. The Morgan fingerprint density at radius 3 is 2.21 bits per heavy atom. The second-order valence-electron chi connectivity index (χ2n) is 8.99. The molecule has 0 fully saturated rings. The largest absolute Gasteiger partial charge is 0.492 e. The van der Waals surface area contributed by atoms with Crippen molar-refractivity contribution in [3.63, 3.8) is 0 Å². The van der Waals surface area contributed by atoms with Crippen molar-refractivity contribution < 1.29 is 17.9 Å². The predicted molar refractivity (Wildman–Crippen MR) is 136 cm³/mol. The third-order valence-corrected chi connectivity index (χ3v) is 6.88. The average Bonchev–Trinajstić information content (AvgIpc) is 2.76. The minimum absolute atomic E-state index is 0.0711. The summed E-state index contributed by atoms with van der Waals surface area (Å²) in [7, 11) is -3.76. The molecule has 0 aromatic heterocycles. The summed E-state index contributed by atoms with van der Waals surface area (Å²) in [5.41, 5.74) is 2.76. The summed E-state index contributed by atoms with van der Waals surface area (Å²) in [6, 6.07) is 18.8. The molecule has 34 heavy (non-hydrogen) atoms. The number of carbonyl (C=O) groups is 1. The maximum atomic E-state index is 12.6. The lowest BCUT2D eigenvalue weighted by molar-refractivity contribution is 0.0947. The van der Waals surface area contributed by atoms with E-state index in [0.29, 0.717) is 6.61 Å². The Morgan fingerprint density at radius 2 is 1.62 bits per heavy atom. The topological polar surface area (TPSA) is 84.5 Å². The number of ether oxygens (including phenoxy) is 1. The Hall–Kier alpha value is -3.03. The van der Waals surface area contributed by atoms with Gasteiger partial charge in [-0.2, -0.15) is 0 Å². The molecule has 3 aromatic rings. The summed E-state index contributed by atoms with van der Waals surface area (Å²) in [6.07, 6.45) is 0. The minimum Gasteiger partial charge on any atom is -0.492 e. The summed E-state index contributed by atoms with van der Waals surface area (Å²) in [4.78, 5) is 12.6. The van der Waals surface area contributed by atoms with E-state index in [9.17, 15) is 13.2 Å². The van der Waals surface area contributed by atoms with Gasteiger partial charge in [-0.15, -0.1) is 0 Å². The molecule has 0 bridgehead atoms. The van der Waals surface area contributed by atoms with Gasteiger partial charge in [-0.05, 0) is 60.4 Å².